The van der Waals surface area contributed by atoms with Crippen molar-refractivity contribution in [2.75, 3.05) is 12.3 Å². The minimum absolute atomic E-state index is 0.211. The van der Waals surface area contributed by atoms with E-state index in [0.29, 0.717) is 18.4 Å². The molecule has 0 saturated heterocycles. The number of carbonyl (C=O) groups is 1. The molecule has 1 unspecified atom stereocenters. The van der Waals surface area contributed by atoms with Gasteiger partial charge in [0.1, 0.15) is 5.82 Å². The summed E-state index contributed by atoms with van der Waals surface area (Å²) >= 11 is 0. The van der Waals surface area contributed by atoms with Crippen molar-refractivity contribution in [3.63, 3.8) is 0 Å². The van der Waals surface area contributed by atoms with Crippen LogP contribution in [0.3, 0.4) is 0 Å². The average molecular weight is 180 g/mol. The third kappa shape index (κ3) is 2.01. The molecule has 13 heavy (non-hydrogen) atoms. The average Bonchev–Trinajstić information content (AvgIpc) is 2.17. The molecule has 70 valence electrons. The zero-order valence-electron chi connectivity index (χ0n) is 7.10. The van der Waals surface area contributed by atoms with Crippen LogP contribution < -0.4 is 17.2 Å². The van der Waals surface area contributed by atoms with E-state index in [1.54, 1.807) is 6.07 Å². The fourth-order valence-electron chi connectivity index (χ4n) is 0.943. The molecule has 0 bridgehead atoms. The summed E-state index contributed by atoms with van der Waals surface area (Å²) in [6.45, 7) is 0.309. The smallest absolute Gasteiger partial charge is 0.153 e. The molecular formula is C8H12N4O. The molecule has 1 aromatic heterocycles. The molecule has 1 rings (SSSR count). The van der Waals surface area contributed by atoms with Crippen molar-refractivity contribution in [1.82, 2.24) is 4.98 Å². The summed E-state index contributed by atoms with van der Waals surface area (Å²) in [6.07, 6.45) is 2.18. The van der Waals surface area contributed by atoms with Gasteiger partial charge in [0.25, 0.3) is 0 Å². The molecule has 0 fully saturated rings. The molecular weight excluding hydrogens is 168 g/mol. The summed E-state index contributed by atoms with van der Waals surface area (Å²) in [6, 6.07) is 1.30. The van der Waals surface area contributed by atoms with Crippen LogP contribution in [0.4, 0.5) is 5.82 Å². The minimum atomic E-state index is -0.299. The third-order valence-electron chi connectivity index (χ3n) is 1.78. The first-order chi connectivity index (χ1) is 6.19. The number of aromatic nitrogens is 1. The molecule has 0 aliphatic rings. The number of nitrogens with zero attached hydrogens (tertiary/aromatic N) is 1. The van der Waals surface area contributed by atoms with Gasteiger partial charge in [-0.1, -0.05) is 0 Å². The number of aldehydes is 1. The first-order valence-electron chi connectivity index (χ1n) is 3.85. The molecule has 0 aliphatic heterocycles. The van der Waals surface area contributed by atoms with Gasteiger partial charge < -0.3 is 17.2 Å². The molecule has 1 aromatic rings. The minimum Gasteiger partial charge on any atom is -0.383 e. The molecule has 0 aromatic carbocycles. The Kier molecular flexibility index (Phi) is 2.94. The number of hydrogen-bond acceptors (Lipinski definition) is 5. The van der Waals surface area contributed by atoms with Crippen molar-refractivity contribution < 1.29 is 4.79 Å². The van der Waals surface area contributed by atoms with E-state index < -0.39 is 0 Å². The van der Waals surface area contributed by atoms with Crippen LogP contribution in [-0.2, 0) is 0 Å². The predicted octanol–water partition coefficient (Wildman–Crippen LogP) is -0.565. The van der Waals surface area contributed by atoms with Crippen molar-refractivity contribution in [1.29, 1.82) is 0 Å². The molecule has 1 atom stereocenters. The van der Waals surface area contributed by atoms with E-state index in [-0.39, 0.29) is 11.9 Å². The van der Waals surface area contributed by atoms with Crippen molar-refractivity contribution in [3.8, 4) is 0 Å². The Morgan fingerprint density at radius 3 is 2.85 bits per heavy atom. The predicted molar refractivity (Wildman–Crippen MR) is 50.0 cm³/mol. The zero-order valence-corrected chi connectivity index (χ0v) is 7.10. The Bertz CT molecular complexity index is 313. The number of hydrogen-bond donors (Lipinski definition) is 3. The lowest BCUT2D eigenvalue weighted by molar-refractivity contribution is 0.112. The van der Waals surface area contributed by atoms with E-state index >= 15 is 0 Å². The molecule has 0 aliphatic carbocycles. The topological polar surface area (TPSA) is 108 Å². The van der Waals surface area contributed by atoms with Crippen LogP contribution in [0.1, 0.15) is 22.0 Å². The molecule has 0 spiro atoms. The first kappa shape index (κ1) is 9.63. The zero-order chi connectivity index (χ0) is 9.84. The van der Waals surface area contributed by atoms with Gasteiger partial charge in [0.2, 0.25) is 0 Å². The molecule has 5 heteroatoms. The van der Waals surface area contributed by atoms with Crippen LogP contribution in [0.2, 0.25) is 0 Å². The monoisotopic (exact) mass is 180 g/mol. The summed E-state index contributed by atoms with van der Waals surface area (Å²) in [5.74, 6) is 0.211. The van der Waals surface area contributed by atoms with Gasteiger partial charge >= 0.3 is 0 Å². The lowest BCUT2D eigenvalue weighted by atomic mass is 10.1. The Morgan fingerprint density at radius 2 is 2.31 bits per heavy atom. The van der Waals surface area contributed by atoms with E-state index in [4.69, 9.17) is 17.2 Å². The number of nitrogens with two attached hydrogens (primary N) is 3. The van der Waals surface area contributed by atoms with E-state index in [0.717, 1.165) is 5.56 Å². The van der Waals surface area contributed by atoms with E-state index in [2.05, 4.69) is 4.98 Å². The maximum Gasteiger partial charge on any atom is 0.153 e. The highest BCUT2D eigenvalue weighted by Crippen LogP contribution is 2.12. The SMILES string of the molecule is NCC(N)c1cnc(N)c(C=O)c1. The van der Waals surface area contributed by atoms with E-state index in [1.165, 1.54) is 6.20 Å². The van der Waals surface area contributed by atoms with Crippen LogP contribution in [0.15, 0.2) is 12.3 Å². The first-order valence-corrected chi connectivity index (χ1v) is 3.85. The molecule has 6 N–H and O–H groups in total. The Hall–Kier alpha value is -1.46. The van der Waals surface area contributed by atoms with Gasteiger partial charge in [-0.15, -0.1) is 0 Å². The Morgan fingerprint density at radius 1 is 1.62 bits per heavy atom. The number of pyridine rings is 1. The Balaban J connectivity index is 3.05. The number of nitrogen functional groups attached to an aromatic ring is 1. The van der Waals surface area contributed by atoms with E-state index in [9.17, 15) is 4.79 Å². The molecule has 0 saturated carbocycles. The van der Waals surface area contributed by atoms with Gasteiger partial charge in [-0.05, 0) is 11.6 Å². The van der Waals surface area contributed by atoms with Crippen molar-refractivity contribution in [2.45, 2.75) is 6.04 Å². The van der Waals surface area contributed by atoms with Crippen LogP contribution in [0.5, 0.6) is 0 Å². The molecule has 0 amide bonds. The highest BCUT2D eigenvalue weighted by molar-refractivity contribution is 5.81. The van der Waals surface area contributed by atoms with Gasteiger partial charge in [-0.3, -0.25) is 4.79 Å². The maximum absolute atomic E-state index is 10.5. The second-order valence-corrected chi connectivity index (χ2v) is 2.70. The largest absolute Gasteiger partial charge is 0.383 e. The molecule has 0 radical (unpaired) electrons. The lowest BCUT2D eigenvalue weighted by Crippen LogP contribution is -2.21. The van der Waals surface area contributed by atoms with Gasteiger partial charge in [0.15, 0.2) is 6.29 Å². The van der Waals surface area contributed by atoms with Crippen molar-refractivity contribution >= 4 is 12.1 Å². The number of carbonyl (C=O) groups excluding carboxylic acids is 1. The van der Waals surface area contributed by atoms with Crippen molar-refractivity contribution in [3.05, 3.63) is 23.4 Å². The number of rotatable bonds is 3. The van der Waals surface area contributed by atoms with Crippen LogP contribution in [-0.4, -0.2) is 17.8 Å². The fourth-order valence-corrected chi connectivity index (χ4v) is 0.943. The van der Waals surface area contributed by atoms with E-state index in [1.807, 2.05) is 0 Å². The standard InChI is InChI=1S/C8H12N4O/c9-2-7(10)5-1-6(4-13)8(11)12-3-5/h1,3-4,7H,2,9-10H2,(H2,11,12). The summed E-state index contributed by atoms with van der Waals surface area (Å²) in [7, 11) is 0. The molecule has 5 nitrogen and oxygen atoms in total. The van der Waals surface area contributed by atoms with Crippen molar-refractivity contribution in [2.24, 2.45) is 11.5 Å². The number of anilines is 1. The summed E-state index contributed by atoms with van der Waals surface area (Å²) in [5, 5.41) is 0. The normalized spacial score (nSPS) is 12.5. The third-order valence-corrected chi connectivity index (χ3v) is 1.78. The van der Waals surface area contributed by atoms with Crippen LogP contribution >= 0.6 is 0 Å². The molecule has 1 heterocycles. The van der Waals surface area contributed by atoms with Gasteiger partial charge in [-0.25, -0.2) is 4.98 Å². The van der Waals surface area contributed by atoms with Gasteiger partial charge in [0.05, 0.1) is 5.56 Å². The van der Waals surface area contributed by atoms with Gasteiger partial charge in [-0.2, -0.15) is 0 Å². The van der Waals surface area contributed by atoms with Crippen LogP contribution in [0.25, 0.3) is 0 Å². The van der Waals surface area contributed by atoms with Gasteiger partial charge in [0, 0.05) is 18.8 Å². The second kappa shape index (κ2) is 3.97. The summed E-state index contributed by atoms with van der Waals surface area (Å²) in [5.41, 5.74) is 17.5. The van der Waals surface area contributed by atoms with Crippen LogP contribution in [0, 0.1) is 0 Å². The quantitative estimate of drug-likeness (QED) is 0.540. The lowest BCUT2D eigenvalue weighted by Gasteiger charge is -2.09. The highest BCUT2D eigenvalue weighted by Gasteiger charge is 2.06. The highest BCUT2D eigenvalue weighted by atomic mass is 16.1. The summed E-state index contributed by atoms with van der Waals surface area (Å²) in [4.78, 5) is 14.3. The summed E-state index contributed by atoms with van der Waals surface area (Å²) < 4.78 is 0. The Labute approximate surface area is 75.9 Å². The second-order valence-electron chi connectivity index (χ2n) is 2.70. The fraction of sp³-hybridized carbons (Fsp3) is 0.250. The maximum atomic E-state index is 10.5.